The van der Waals surface area contributed by atoms with Crippen molar-refractivity contribution in [2.75, 3.05) is 5.32 Å². The Labute approximate surface area is 177 Å². The monoisotopic (exact) mass is 436 g/mol. The molecule has 4 aromatic rings. The zero-order valence-corrected chi connectivity index (χ0v) is 16.7. The summed E-state index contributed by atoms with van der Waals surface area (Å²) in [6.07, 6.45) is 2.85. The Kier molecular flexibility index (Phi) is 4.40. The van der Waals surface area contributed by atoms with Gasteiger partial charge in [0.15, 0.2) is 5.84 Å². The molecule has 5 rings (SSSR count). The number of benzene rings is 2. The van der Waals surface area contributed by atoms with Gasteiger partial charge in [-0.3, -0.25) is 13.9 Å². The molecule has 3 heterocycles. The van der Waals surface area contributed by atoms with Crippen LogP contribution in [0.2, 0.25) is 0 Å². The van der Waals surface area contributed by atoms with E-state index in [-0.39, 0.29) is 22.0 Å². The molecule has 0 fully saturated rings. The molecule has 4 N–H and O–H groups in total. The Morgan fingerprint density at radius 2 is 1.84 bits per heavy atom. The minimum atomic E-state index is -3.57. The van der Waals surface area contributed by atoms with E-state index in [0.29, 0.717) is 22.4 Å². The molecule has 0 unspecified atom stereocenters. The van der Waals surface area contributed by atoms with Gasteiger partial charge in [0.2, 0.25) is 0 Å². The van der Waals surface area contributed by atoms with Gasteiger partial charge in [0, 0.05) is 5.39 Å². The summed E-state index contributed by atoms with van der Waals surface area (Å²) in [6.45, 7) is 0. The van der Waals surface area contributed by atoms with E-state index in [0.717, 1.165) is 4.68 Å². The number of anilines is 1. The normalized spacial score (nSPS) is 16.0. The van der Waals surface area contributed by atoms with Crippen molar-refractivity contribution >= 4 is 39.4 Å². The Bertz CT molecular complexity index is 1420. The molecule has 1 aliphatic heterocycles. The molecule has 0 radical (unpaired) electrons. The van der Waals surface area contributed by atoms with Crippen LogP contribution in [0, 0.1) is 0 Å². The Morgan fingerprint density at radius 1 is 1.06 bits per heavy atom. The van der Waals surface area contributed by atoms with Crippen LogP contribution in [0.15, 0.2) is 90.5 Å². The number of para-hydroxylation sites is 2. The topological polar surface area (TPSA) is 133 Å². The summed E-state index contributed by atoms with van der Waals surface area (Å²) in [4.78, 5) is 13.6. The summed E-state index contributed by atoms with van der Waals surface area (Å²) in [5.74, 6) is -0.0679. The fourth-order valence-electron chi connectivity index (χ4n) is 3.36. The van der Waals surface area contributed by atoms with Crippen molar-refractivity contribution in [1.82, 2.24) is 4.68 Å². The van der Waals surface area contributed by atoms with E-state index in [2.05, 4.69) is 14.8 Å². The predicted octanol–water partition coefficient (Wildman–Crippen LogP) is 4.08. The van der Waals surface area contributed by atoms with Crippen LogP contribution in [0.3, 0.4) is 0 Å². The van der Waals surface area contributed by atoms with Crippen molar-refractivity contribution in [2.45, 2.75) is 4.90 Å². The number of aromatic nitrogens is 1. The minimum Gasteiger partial charge on any atom is -0.506 e. The summed E-state index contributed by atoms with van der Waals surface area (Å²) in [5, 5.41) is 18.4. The summed E-state index contributed by atoms with van der Waals surface area (Å²) in [5.41, 5.74) is -0.185. The number of nitrogens with zero attached hydrogens (tertiary/aromatic N) is 3. The van der Waals surface area contributed by atoms with E-state index in [1.54, 1.807) is 54.6 Å². The van der Waals surface area contributed by atoms with Gasteiger partial charge in [-0.25, -0.2) is 0 Å². The summed E-state index contributed by atoms with van der Waals surface area (Å²) < 4.78 is 31.4. The lowest BCUT2D eigenvalue weighted by Crippen LogP contribution is -2.31. The number of fused-ring (bicyclic) bond motifs is 2. The smallest absolute Gasteiger partial charge is 0.286 e. The van der Waals surface area contributed by atoms with Gasteiger partial charge in [-0.15, -0.1) is 4.40 Å². The van der Waals surface area contributed by atoms with E-state index >= 15 is 0 Å². The van der Waals surface area contributed by atoms with E-state index < -0.39 is 16.3 Å². The first-order valence-corrected chi connectivity index (χ1v) is 10.7. The Hall–Kier alpha value is -3.86. The van der Waals surface area contributed by atoms with Crippen molar-refractivity contribution in [1.29, 1.82) is 0 Å². The maximum absolute atomic E-state index is 13.4. The van der Waals surface area contributed by atoms with Crippen molar-refractivity contribution < 1.29 is 18.6 Å². The standard InChI is InChI=1S/C21H16N4O5S/c26-19-14-7-1-3-9-16(14)25(22-12-13-6-5-11-30-13)21(27)18(19)20-23-15-8-2-4-10-17(15)31(28,29)24-20/h1-12,26,28-29H,(H,23,24). The fraction of sp³-hybridized carbons (Fsp3) is 0. The van der Waals surface area contributed by atoms with Gasteiger partial charge in [-0.1, -0.05) is 35.0 Å². The van der Waals surface area contributed by atoms with Crippen LogP contribution in [0.4, 0.5) is 5.69 Å². The molecule has 156 valence electrons. The molecule has 0 aliphatic carbocycles. The highest BCUT2D eigenvalue weighted by atomic mass is 32.3. The van der Waals surface area contributed by atoms with Gasteiger partial charge >= 0.3 is 0 Å². The average Bonchev–Trinajstić information content (AvgIpc) is 3.27. The van der Waals surface area contributed by atoms with Crippen molar-refractivity contribution in [2.24, 2.45) is 9.50 Å². The second-order valence-electron chi connectivity index (χ2n) is 6.70. The molecule has 9 nitrogen and oxygen atoms in total. The molecule has 31 heavy (non-hydrogen) atoms. The summed E-state index contributed by atoms with van der Waals surface area (Å²) in [7, 11) is -3.57. The highest BCUT2D eigenvalue weighted by Gasteiger charge is 2.30. The number of pyridine rings is 1. The van der Waals surface area contributed by atoms with Crippen molar-refractivity contribution in [3.05, 3.63) is 88.6 Å². The molecular formula is C21H16N4O5S. The third-order valence-corrected chi connectivity index (χ3v) is 6.15. The van der Waals surface area contributed by atoms with Crippen LogP contribution < -0.4 is 10.9 Å². The van der Waals surface area contributed by atoms with Crippen molar-refractivity contribution in [3.8, 4) is 5.75 Å². The second kappa shape index (κ2) is 7.13. The summed E-state index contributed by atoms with van der Waals surface area (Å²) in [6, 6.07) is 16.6. The molecule has 0 saturated heterocycles. The van der Waals surface area contributed by atoms with E-state index in [1.165, 1.54) is 18.5 Å². The number of amidine groups is 1. The molecule has 0 spiro atoms. The molecule has 0 atom stereocenters. The third kappa shape index (κ3) is 3.19. The quantitative estimate of drug-likeness (QED) is 0.358. The molecule has 2 aromatic carbocycles. The van der Waals surface area contributed by atoms with Crippen molar-refractivity contribution in [3.63, 3.8) is 0 Å². The minimum absolute atomic E-state index is 0.158. The van der Waals surface area contributed by atoms with Crippen LogP contribution in [0.1, 0.15) is 11.3 Å². The van der Waals surface area contributed by atoms with Crippen LogP contribution in [-0.4, -0.2) is 30.9 Å². The SMILES string of the molecule is O=c1c(C2=NS(O)(O)c3ccccc3N2)c(O)c2ccccc2n1N=Cc1ccco1. The Balaban J connectivity index is 1.75. The second-order valence-corrected chi connectivity index (χ2v) is 8.36. The highest BCUT2D eigenvalue weighted by Crippen LogP contribution is 2.55. The fourth-order valence-corrected chi connectivity index (χ4v) is 4.53. The molecular weight excluding hydrogens is 420 g/mol. The van der Waals surface area contributed by atoms with E-state index in [9.17, 15) is 19.0 Å². The van der Waals surface area contributed by atoms with Gasteiger partial charge < -0.3 is 14.8 Å². The number of aromatic hydroxyl groups is 1. The maximum atomic E-state index is 13.4. The number of hydrogen-bond acceptors (Lipinski definition) is 8. The van der Waals surface area contributed by atoms with E-state index in [4.69, 9.17) is 4.42 Å². The highest BCUT2D eigenvalue weighted by molar-refractivity contribution is 8.23. The summed E-state index contributed by atoms with van der Waals surface area (Å²) >= 11 is 0. The molecule has 2 aromatic heterocycles. The number of nitrogens with one attached hydrogen (secondary N) is 1. The Morgan fingerprint density at radius 3 is 2.65 bits per heavy atom. The van der Waals surface area contributed by atoms with Gasteiger partial charge in [-0.05, 0) is 36.4 Å². The third-order valence-electron chi connectivity index (χ3n) is 4.76. The molecule has 0 amide bonds. The lowest BCUT2D eigenvalue weighted by molar-refractivity contribution is 0.478. The van der Waals surface area contributed by atoms with Crippen LogP contribution in [0.25, 0.3) is 10.9 Å². The molecule has 1 aliphatic rings. The lowest BCUT2D eigenvalue weighted by Gasteiger charge is -2.34. The average molecular weight is 436 g/mol. The first-order valence-electron chi connectivity index (χ1n) is 9.15. The zero-order valence-electron chi connectivity index (χ0n) is 15.8. The van der Waals surface area contributed by atoms with Crippen LogP contribution in [-0.2, 0) is 0 Å². The first-order chi connectivity index (χ1) is 15.0. The predicted molar refractivity (Wildman–Crippen MR) is 119 cm³/mol. The van der Waals surface area contributed by atoms with Crippen LogP contribution >= 0.6 is 10.8 Å². The first kappa shape index (κ1) is 19.1. The maximum Gasteiger partial charge on any atom is 0.286 e. The van der Waals surface area contributed by atoms with Gasteiger partial charge in [-0.2, -0.15) is 9.78 Å². The molecule has 0 saturated carbocycles. The molecule has 0 bridgehead atoms. The largest absolute Gasteiger partial charge is 0.506 e. The number of rotatable bonds is 3. The van der Waals surface area contributed by atoms with Crippen LogP contribution in [0.5, 0.6) is 5.75 Å². The molecule has 10 heteroatoms. The zero-order chi connectivity index (χ0) is 21.6. The van der Waals surface area contributed by atoms with Gasteiger partial charge in [0.1, 0.15) is 22.0 Å². The number of hydrogen-bond donors (Lipinski definition) is 4. The lowest BCUT2D eigenvalue weighted by atomic mass is 10.1. The van der Waals surface area contributed by atoms with Gasteiger partial charge in [0.05, 0.1) is 23.7 Å². The van der Waals surface area contributed by atoms with Gasteiger partial charge in [0.25, 0.3) is 5.56 Å². The number of furan rings is 1. The van der Waals surface area contributed by atoms with E-state index in [1.807, 2.05) is 0 Å².